The lowest BCUT2D eigenvalue weighted by Crippen LogP contribution is -2.23. The predicted octanol–water partition coefficient (Wildman–Crippen LogP) is 1.39. The number of carbonyl (C=O) groups is 1. The first kappa shape index (κ1) is 11.8. The Bertz CT molecular complexity index is 624. The molecule has 1 aliphatic heterocycles. The maximum absolute atomic E-state index is 12.9. The zero-order valence-corrected chi connectivity index (χ0v) is 9.78. The second-order valence-corrected chi connectivity index (χ2v) is 4.22. The molecule has 1 atom stereocenters. The minimum atomic E-state index is -1.12. The summed E-state index contributed by atoms with van der Waals surface area (Å²) in [6, 6.07) is 6.00. The Morgan fingerprint density at radius 2 is 2.16 bits per heavy atom. The van der Waals surface area contributed by atoms with Crippen LogP contribution in [0.4, 0.5) is 4.39 Å². The van der Waals surface area contributed by atoms with Gasteiger partial charge in [-0.1, -0.05) is 17.3 Å². The number of carboxylic acid groups (broad SMARTS) is 1. The highest BCUT2D eigenvalue weighted by molar-refractivity contribution is 5.86. The summed E-state index contributed by atoms with van der Waals surface area (Å²) in [6.07, 6.45) is -0.281. The molecule has 98 valence electrons. The van der Waals surface area contributed by atoms with E-state index in [2.05, 4.69) is 10.3 Å². The Balaban J connectivity index is 1.86. The molecule has 1 N–H and O–H groups in total. The van der Waals surface area contributed by atoms with E-state index in [9.17, 15) is 9.18 Å². The molecule has 0 saturated carbocycles. The first-order valence-electron chi connectivity index (χ1n) is 5.68. The van der Waals surface area contributed by atoms with Crippen LogP contribution in [-0.2, 0) is 17.9 Å². The number of ether oxygens (including phenoxy) is 1. The lowest BCUT2D eigenvalue weighted by atomic mass is 10.1. The van der Waals surface area contributed by atoms with Crippen molar-refractivity contribution in [3.63, 3.8) is 0 Å². The number of halogens is 1. The van der Waals surface area contributed by atoms with Crippen molar-refractivity contribution in [2.24, 2.45) is 0 Å². The van der Waals surface area contributed by atoms with Gasteiger partial charge in [0.05, 0.1) is 18.8 Å². The molecule has 0 bridgehead atoms. The summed E-state index contributed by atoms with van der Waals surface area (Å²) in [5.41, 5.74) is 1.18. The van der Waals surface area contributed by atoms with E-state index in [-0.39, 0.29) is 24.2 Å². The minimum absolute atomic E-state index is 0.0856. The van der Waals surface area contributed by atoms with Crippen LogP contribution < -0.4 is 0 Å². The molecule has 7 heteroatoms. The van der Waals surface area contributed by atoms with Crippen LogP contribution in [0.15, 0.2) is 24.3 Å². The van der Waals surface area contributed by atoms with Crippen molar-refractivity contribution in [3.05, 3.63) is 47.0 Å². The Morgan fingerprint density at radius 1 is 1.42 bits per heavy atom. The Kier molecular flexibility index (Phi) is 2.75. The quantitative estimate of drug-likeness (QED) is 0.885. The molecule has 1 aliphatic rings. The molecule has 1 aromatic heterocycles. The summed E-state index contributed by atoms with van der Waals surface area (Å²) >= 11 is 0. The van der Waals surface area contributed by atoms with Crippen molar-refractivity contribution in [1.29, 1.82) is 0 Å². The first-order valence-corrected chi connectivity index (χ1v) is 5.68. The molecule has 0 spiro atoms. The van der Waals surface area contributed by atoms with E-state index >= 15 is 0 Å². The van der Waals surface area contributed by atoms with E-state index in [1.165, 1.54) is 16.8 Å². The monoisotopic (exact) mass is 263 g/mol. The topological polar surface area (TPSA) is 77.2 Å². The maximum Gasteiger partial charge on any atom is 0.358 e. The molecule has 0 fully saturated rings. The number of aromatic carboxylic acids is 1. The van der Waals surface area contributed by atoms with Gasteiger partial charge in [0.15, 0.2) is 5.69 Å². The summed E-state index contributed by atoms with van der Waals surface area (Å²) < 4.78 is 20.0. The van der Waals surface area contributed by atoms with Crippen molar-refractivity contribution < 1.29 is 19.0 Å². The standard InChI is InChI=1S/C12H10FN3O3/c13-8-3-1-7(2-4-8)10-5-16-9(6-19-10)11(12(17)18)14-15-16/h1-4,10H,5-6H2,(H,17,18)/t10-/m1/s1. The first-order chi connectivity index (χ1) is 9.15. The Morgan fingerprint density at radius 3 is 2.84 bits per heavy atom. The molecule has 1 aromatic carbocycles. The smallest absolute Gasteiger partial charge is 0.358 e. The van der Waals surface area contributed by atoms with Gasteiger partial charge in [0, 0.05) is 0 Å². The summed E-state index contributed by atoms with van der Waals surface area (Å²) in [4.78, 5) is 10.9. The number of rotatable bonds is 2. The second-order valence-electron chi connectivity index (χ2n) is 4.22. The fourth-order valence-corrected chi connectivity index (χ4v) is 2.06. The summed E-state index contributed by atoms with van der Waals surface area (Å²) in [6.45, 7) is 0.484. The highest BCUT2D eigenvalue weighted by Gasteiger charge is 2.27. The highest BCUT2D eigenvalue weighted by atomic mass is 19.1. The number of benzene rings is 1. The largest absolute Gasteiger partial charge is 0.476 e. The van der Waals surface area contributed by atoms with Gasteiger partial charge in [-0.2, -0.15) is 0 Å². The Labute approximate surface area is 107 Å². The van der Waals surface area contributed by atoms with Crippen LogP contribution in [0.3, 0.4) is 0 Å². The third-order valence-corrected chi connectivity index (χ3v) is 3.04. The SMILES string of the molecule is O=C(O)c1nnn2c1CO[C@@H](c1ccc(F)cc1)C2. The van der Waals surface area contributed by atoms with Crippen LogP contribution >= 0.6 is 0 Å². The fraction of sp³-hybridized carbons (Fsp3) is 0.250. The van der Waals surface area contributed by atoms with Crippen LogP contribution in [0.2, 0.25) is 0 Å². The molecule has 0 radical (unpaired) electrons. The van der Waals surface area contributed by atoms with Crippen LogP contribution in [-0.4, -0.2) is 26.1 Å². The third-order valence-electron chi connectivity index (χ3n) is 3.04. The lowest BCUT2D eigenvalue weighted by Gasteiger charge is -2.24. The number of hydrogen-bond acceptors (Lipinski definition) is 4. The van der Waals surface area contributed by atoms with Crippen LogP contribution in [0, 0.1) is 5.82 Å². The Hall–Kier alpha value is -2.28. The van der Waals surface area contributed by atoms with Gasteiger partial charge in [-0.15, -0.1) is 5.10 Å². The van der Waals surface area contributed by atoms with Gasteiger partial charge in [-0.05, 0) is 17.7 Å². The van der Waals surface area contributed by atoms with Crippen molar-refractivity contribution >= 4 is 5.97 Å². The molecule has 6 nitrogen and oxygen atoms in total. The molecule has 2 aromatic rings. The van der Waals surface area contributed by atoms with Crippen molar-refractivity contribution in [3.8, 4) is 0 Å². The van der Waals surface area contributed by atoms with Crippen LogP contribution in [0.5, 0.6) is 0 Å². The van der Waals surface area contributed by atoms with Gasteiger partial charge in [0.2, 0.25) is 0 Å². The van der Waals surface area contributed by atoms with Gasteiger partial charge in [-0.25, -0.2) is 13.9 Å². The average molecular weight is 263 g/mol. The van der Waals surface area contributed by atoms with Gasteiger partial charge < -0.3 is 9.84 Å². The zero-order valence-electron chi connectivity index (χ0n) is 9.78. The van der Waals surface area contributed by atoms with Crippen molar-refractivity contribution in [1.82, 2.24) is 15.0 Å². The van der Waals surface area contributed by atoms with E-state index in [1.807, 2.05) is 0 Å². The molecule has 2 heterocycles. The minimum Gasteiger partial charge on any atom is -0.476 e. The maximum atomic E-state index is 12.9. The predicted molar refractivity (Wildman–Crippen MR) is 60.9 cm³/mol. The molecule has 19 heavy (non-hydrogen) atoms. The van der Waals surface area contributed by atoms with Gasteiger partial charge in [0.25, 0.3) is 0 Å². The van der Waals surface area contributed by atoms with E-state index in [1.54, 1.807) is 12.1 Å². The number of nitrogens with zero attached hydrogens (tertiary/aromatic N) is 3. The molecular formula is C12H10FN3O3. The zero-order chi connectivity index (χ0) is 13.4. The second kappa shape index (κ2) is 4.43. The molecule has 0 amide bonds. The number of aromatic nitrogens is 3. The van der Waals surface area contributed by atoms with Crippen LogP contribution in [0.1, 0.15) is 27.8 Å². The fourth-order valence-electron chi connectivity index (χ4n) is 2.06. The number of carboxylic acids is 1. The number of fused-ring (bicyclic) bond motifs is 1. The lowest BCUT2D eigenvalue weighted by molar-refractivity contribution is -0.00210. The summed E-state index contributed by atoms with van der Waals surface area (Å²) in [7, 11) is 0. The summed E-state index contributed by atoms with van der Waals surface area (Å²) in [5.74, 6) is -1.43. The van der Waals surface area contributed by atoms with E-state index in [0.717, 1.165) is 5.56 Å². The number of hydrogen-bond donors (Lipinski definition) is 1. The van der Waals surface area contributed by atoms with Crippen LogP contribution in [0.25, 0.3) is 0 Å². The van der Waals surface area contributed by atoms with E-state index < -0.39 is 5.97 Å². The highest BCUT2D eigenvalue weighted by Crippen LogP contribution is 2.26. The van der Waals surface area contributed by atoms with E-state index in [0.29, 0.717) is 12.2 Å². The van der Waals surface area contributed by atoms with Crippen molar-refractivity contribution in [2.45, 2.75) is 19.3 Å². The molecule has 0 unspecified atom stereocenters. The molecule has 0 aliphatic carbocycles. The van der Waals surface area contributed by atoms with Gasteiger partial charge in [-0.3, -0.25) is 0 Å². The van der Waals surface area contributed by atoms with Gasteiger partial charge >= 0.3 is 5.97 Å². The molecule has 0 saturated heterocycles. The third kappa shape index (κ3) is 2.08. The summed E-state index contributed by atoms with van der Waals surface area (Å²) in [5, 5.41) is 16.3. The molecule has 3 rings (SSSR count). The van der Waals surface area contributed by atoms with E-state index in [4.69, 9.17) is 9.84 Å². The normalized spacial score (nSPS) is 18.1. The average Bonchev–Trinajstić information content (AvgIpc) is 2.82. The van der Waals surface area contributed by atoms with Gasteiger partial charge in [0.1, 0.15) is 11.9 Å². The molecular weight excluding hydrogens is 253 g/mol. The van der Waals surface area contributed by atoms with Crippen molar-refractivity contribution in [2.75, 3.05) is 0 Å².